The van der Waals surface area contributed by atoms with Gasteiger partial charge in [0.15, 0.2) is 11.7 Å². The van der Waals surface area contributed by atoms with Crippen LogP contribution in [-0.2, 0) is 4.74 Å². The van der Waals surface area contributed by atoms with E-state index in [0.29, 0.717) is 12.2 Å². The lowest BCUT2D eigenvalue weighted by Crippen LogP contribution is -2.36. The van der Waals surface area contributed by atoms with Gasteiger partial charge in [-0.05, 0) is 30.5 Å². The number of hydrogen-bond acceptors (Lipinski definition) is 4. The largest absolute Gasteiger partial charge is 0.410 e. The van der Waals surface area contributed by atoms with Crippen molar-refractivity contribution in [1.82, 2.24) is 15.1 Å². The van der Waals surface area contributed by atoms with Crippen molar-refractivity contribution in [3.05, 3.63) is 45.0 Å². The second kappa shape index (κ2) is 8.39. The third-order valence-electron chi connectivity index (χ3n) is 5.30. The number of fused-ring (bicyclic) bond motifs is 1. The molecule has 2 aliphatic rings. The van der Waals surface area contributed by atoms with E-state index in [4.69, 9.17) is 16.3 Å². The van der Waals surface area contributed by atoms with Gasteiger partial charge in [-0.3, -0.25) is 4.79 Å². The van der Waals surface area contributed by atoms with Gasteiger partial charge in [-0.1, -0.05) is 39.7 Å². The topological polar surface area (TPSA) is 68.2 Å². The third kappa shape index (κ3) is 4.31. The van der Waals surface area contributed by atoms with Crippen LogP contribution in [-0.4, -0.2) is 41.1 Å². The molecule has 1 amide bonds. The van der Waals surface area contributed by atoms with Crippen molar-refractivity contribution in [2.45, 2.75) is 43.6 Å². The Morgan fingerprint density at radius 2 is 2.10 bits per heavy atom. The summed E-state index contributed by atoms with van der Waals surface area (Å²) in [6.45, 7) is 0.893. The number of alkyl halides is 3. The maximum absolute atomic E-state index is 13.8. The molecule has 1 aromatic carbocycles. The molecule has 3 heterocycles. The van der Waals surface area contributed by atoms with Crippen LogP contribution in [0.5, 0.6) is 0 Å². The maximum Gasteiger partial charge on any atom is 0.410 e. The predicted molar refractivity (Wildman–Crippen MR) is 109 cm³/mol. The van der Waals surface area contributed by atoms with E-state index in [2.05, 4.69) is 31.7 Å². The monoisotopic (exact) mass is 506 g/mol. The van der Waals surface area contributed by atoms with Crippen molar-refractivity contribution < 1.29 is 22.7 Å². The van der Waals surface area contributed by atoms with Crippen molar-refractivity contribution in [3.63, 3.8) is 0 Å². The summed E-state index contributed by atoms with van der Waals surface area (Å²) in [5, 5.41) is 9.48. The molecule has 1 fully saturated rings. The van der Waals surface area contributed by atoms with Crippen molar-refractivity contribution in [2.75, 3.05) is 18.5 Å². The molecule has 11 heteroatoms. The molecule has 1 aromatic heterocycles. The highest BCUT2D eigenvalue weighted by molar-refractivity contribution is 9.10. The van der Waals surface area contributed by atoms with E-state index in [0.717, 1.165) is 22.0 Å². The Labute approximate surface area is 184 Å². The summed E-state index contributed by atoms with van der Waals surface area (Å²) >= 11 is 9.63. The van der Waals surface area contributed by atoms with E-state index < -0.39 is 24.2 Å². The van der Waals surface area contributed by atoms with Gasteiger partial charge in [-0.15, -0.1) is 0 Å². The van der Waals surface area contributed by atoms with Crippen LogP contribution in [0.25, 0.3) is 0 Å². The lowest BCUT2D eigenvalue weighted by molar-refractivity contribution is -0.173. The molecule has 0 bridgehead atoms. The fourth-order valence-corrected chi connectivity index (χ4v) is 4.27. The number of nitrogens with zero attached hydrogens (tertiary/aromatic N) is 2. The first-order valence-electron chi connectivity index (χ1n) is 9.50. The molecular formula is C19H19BrClF3N4O2. The number of halogens is 5. The van der Waals surface area contributed by atoms with Gasteiger partial charge in [-0.2, -0.15) is 18.3 Å². The molecule has 1 saturated heterocycles. The standard InChI is InChI=1S/C19H19BrClF3N4O2/c20-11-5-3-10(4-6-11)13-8-14(19(22,23)24)28-17(26-13)15(21)16(27-28)18(29)25-9-12-2-1-7-30-12/h3-6,12-14,26H,1-2,7-9H2,(H,25,29). The van der Waals surface area contributed by atoms with Crippen LogP contribution >= 0.6 is 27.5 Å². The minimum atomic E-state index is -4.55. The van der Waals surface area contributed by atoms with Crippen LogP contribution in [0, 0.1) is 0 Å². The molecule has 2 aromatic rings. The number of rotatable bonds is 4. The summed E-state index contributed by atoms with van der Waals surface area (Å²) in [5.74, 6) is -0.638. The quantitative estimate of drug-likeness (QED) is 0.620. The van der Waals surface area contributed by atoms with E-state index in [-0.39, 0.29) is 35.6 Å². The van der Waals surface area contributed by atoms with Crippen molar-refractivity contribution in [2.24, 2.45) is 0 Å². The van der Waals surface area contributed by atoms with Crippen LogP contribution in [0.3, 0.4) is 0 Å². The number of nitrogens with one attached hydrogen (secondary N) is 2. The number of carbonyl (C=O) groups is 1. The normalized spacial score (nSPS) is 23.7. The molecule has 0 aliphatic carbocycles. The van der Waals surface area contributed by atoms with Gasteiger partial charge in [0.2, 0.25) is 0 Å². The van der Waals surface area contributed by atoms with Crippen LogP contribution in [0.2, 0.25) is 5.02 Å². The minimum absolute atomic E-state index is 0.0135. The van der Waals surface area contributed by atoms with Gasteiger partial charge < -0.3 is 15.4 Å². The average molecular weight is 508 g/mol. The fourth-order valence-electron chi connectivity index (χ4n) is 3.74. The highest BCUT2D eigenvalue weighted by Gasteiger charge is 2.47. The Morgan fingerprint density at radius 1 is 1.37 bits per heavy atom. The van der Waals surface area contributed by atoms with E-state index in [9.17, 15) is 18.0 Å². The highest BCUT2D eigenvalue weighted by atomic mass is 79.9. The lowest BCUT2D eigenvalue weighted by atomic mass is 9.97. The molecule has 6 nitrogen and oxygen atoms in total. The van der Waals surface area contributed by atoms with Gasteiger partial charge in [-0.25, -0.2) is 4.68 Å². The average Bonchev–Trinajstić information content (AvgIpc) is 3.33. The number of benzene rings is 1. The minimum Gasteiger partial charge on any atom is -0.376 e. The fraction of sp³-hybridized carbons (Fsp3) is 0.474. The number of carbonyl (C=O) groups excluding carboxylic acids is 1. The Kier molecular flexibility index (Phi) is 6.00. The Bertz CT molecular complexity index is 929. The van der Waals surface area contributed by atoms with Crippen molar-refractivity contribution in [1.29, 1.82) is 0 Å². The first kappa shape index (κ1) is 21.5. The van der Waals surface area contributed by atoms with Crippen LogP contribution < -0.4 is 10.6 Å². The van der Waals surface area contributed by atoms with Gasteiger partial charge in [0.25, 0.3) is 5.91 Å². The molecule has 3 unspecified atom stereocenters. The van der Waals surface area contributed by atoms with Crippen LogP contribution in [0.4, 0.5) is 19.0 Å². The van der Waals surface area contributed by atoms with Crippen molar-refractivity contribution in [3.8, 4) is 0 Å². The maximum atomic E-state index is 13.8. The second-order valence-electron chi connectivity index (χ2n) is 7.34. The summed E-state index contributed by atoms with van der Waals surface area (Å²) in [4.78, 5) is 12.5. The predicted octanol–water partition coefficient (Wildman–Crippen LogP) is 4.87. The molecular weight excluding hydrogens is 489 g/mol. The van der Waals surface area contributed by atoms with E-state index in [1.165, 1.54) is 0 Å². The zero-order valence-corrected chi connectivity index (χ0v) is 18.0. The van der Waals surface area contributed by atoms with Crippen LogP contribution in [0.15, 0.2) is 28.7 Å². The van der Waals surface area contributed by atoms with Crippen LogP contribution in [0.1, 0.15) is 47.4 Å². The summed E-state index contributed by atoms with van der Waals surface area (Å²) < 4.78 is 48.5. The SMILES string of the molecule is O=C(NCC1CCCO1)c1nn2c(c1Cl)NC(c1ccc(Br)cc1)CC2C(F)(F)F. The van der Waals surface area contributed by atoms with Crippen molar-refractivity contribution >= 4 is 39.3 Å². The number of amides is 1. The number of ether oxygens (including phenoxy) is 1. The molecule has 30 heavy (non-hydrogen) atoms. The van der Waals surface area contributed by atoms with E-state index >= 15 is 0 Å². The molecule has 2 aliphatic heterocycles. The first-order chi connectivity index (χ1) is 14.2. The zero-order valence-electron chi connectivity index (χ0n) is 15.7. The molecule has 2 N–H and O–H groups in total. The number of aromatic nitrogens is 2. The lowest BCUT2D eigenvalue weighted by Gasteiger charge is -2.33. The highest BCUT2D eigenvalue weighted by Crippen LogP contribution is 2.46. The Hall–Kier alpha value is -1.78. The number of anilines is 1. The van der Waals surface area contributed by atoms with Gasteiger partial charge in [0.05, 0.1) is 12.1 Å². The molecule has 0 saturated carbocycles. The van der Waals surface area contributed by atoms with E-state index in [1.807, 2.05) is 0 Å². The molecule has 0 radical (unpaired) electrons. The van der Waals surface area contributed by atoms with Gasteiger partial charge in [0.1, 0.15) is 10.8 Å². The molecule has 162 valence electrons. The zero-order chi connectivity index (χ0) is 21.5. The summed E-state index contributed by atoms with van der Waals surface area (Å²) in [7, 11) is 0. The molecule has 0 spiro atoms. The van der Waals surface area contributed by atoms with E-state index in [1.54, 1.807) is 24.3 Å². The molecule has 3 atom stereocenters. The van der Waals surface area contributed by atoms with Gasteiger partial charge in [0, 0.05) is 24.0 Å². The third-order valence-corrected chi connectivity index (χ3v) is 6.18. The number of hydrogen-bond donors (Lipinski definition) is 2. The smallest absolute Gasteiger partial charge is 0.376 e. The van der Waals surface area contributed by atoms with Gasteiger partial charge >= 0.3 is 6.18 Å². The summed E-state index contributed by atoms with van der Waals surface area (Å²) in [6, 6.07) is 4.47. The Morgan fingerprint density at radius 3 is 2.73 bits per heavy atom. The summed E-state index contributed by atoms with van der Waals surface area (Å²) in [5.41, 5.74) is 0.447. The second-order valence-corrected chi connectivity index (χ2v) is 8.64. The molecule has 4 rings (SSSR count). The first-order valence-corrected chi connectivity index (χ1v) is 10.7. The summed E-state index contributed by atoms with van der Waals surface area (Å²) in [6.07, 6.45) is -3.19. The Balaban J connectivity index is 1.62.